The smallest absolute Gasteiger partial charge is 0.219 e. The Balaban J connectivity index is 2.49. The Morgan fingerprint density at radius 3 is 2.35 bits per heavy atom. The molecular weight excluding hydrogens is 242 g/mol. The minimum Gasteiger partial charge on any atom is -0.508 e. The van der Waals surface area contributed by atoms with E-state index >= 15 is 0 Å². The quantitative estimate of drug-likeness (QED) is 0.701. The molecule has 92 valence electrons. The van der Waals surface area contributed by atoms with Crippen LogP contribution in [0.1, 0.15) is 17.3 Å². The molecule has 0 aliphatic rings. The van der Waals surface area contributed by atoms with Crippen molar-refractivity contribution < 1.29 is 19.8 Å². The molecule has 0 unspecified atom stereocenters. The molecule has 0 aromatic heterocycles. The van der Waals surface area contributed by atoms with Crippen LogP contribution in [-0.2, 0) is 4.79 Å². The summed E-state index contributed by atoms with van der Waals surface area (Å²) in [4.78, 5) is 22.2. The maximum Gasteiger partial charge on any atom is 0.219 e. The standard InChI is InChI=1S/C11H13NO4S/c1-7(13)12-2-3-17-11(16)8-4-9(14)6-10(15)5-8/h4-6,14-15H,2-3H2,1H3,(H,12,13). The molecule has 0 radical (unpaired) electrons. The summed E-state index contributed by atoms with van der Waals surface area (Å²) < 4.78 is 0. The second kappa shape index (κ2) is 6.15. The van der Waals surface area contributed by atoms with E-state index in [4.69, 9.17) is 0 Å². The third-order valence-electron chi connectivity index (χ3n) is 1.85. The molecule has 1 amide bonds. The molecule has 5 nitrogen and oxygen atoms in total. The SMILES string of the molecule is CC(=O)NCCSC(=O)c1cc(O)cc(O)c1. The Kier molecular flexibility index (Phi) is 4.84. The van der Waals surface area contributed by atoms with Crippen molar-refractivity contribution in [1.82, 2.24) is 5.32 Å². The second-order valence-electron chi connectivity index (χ2n) is 3.36. The van der Waals surface area contributed by atoms with E-state index in [0.29, 0.717) is 12.3 Å². The average molecular weight is 255 g/mol. The number of hydrogen-bond donors (Lipinski definition) is 3. The molecule has 0 heterocycles. The Bertz CT molecular complexity index is 413. The van der Waals surface area contributed by atoms with Gasteiger partial charge in [0.2, 0.25) is 11.0 Å². The number of thioether (sulfide) groups is 1. The average Bonchev–Trinajstić information content (AvgIpc) is 2.22. The van der Waals surface area contributed by atoms with Crippen molar-refractivity contribution in [1.29, 1.82) is 0 Å². The molecule has 0 atom stereocenters. The van der Waals surface area contributed by atoms with Crippen molar-refractivity contribution >= 4 is 22.8 Å². The molecule has 0 aliphatic carbocycles. The lowest BCUT2D eigenvalue weighted by atomic mass is 10.2. The van der Waals surface area contributed by atoms with Crippen molar-refractivity contribution in [3.63, 3.8) is 0 Å². The van der Waals surface area contributed by atoms with E-state index in [1.807, 2.05) is 0 Å². The number of hydrogen-bond acceptors (Lipinski definition) is 5. The Hall–Kier alpha value is -1.69. The van der Waals surface area contributed by atoms with E-state index in [-0.39, 0.29) is 28.1 Å². The van der Waals surface area contributed by atoms with Gasteiger partial charge in [-0.1, -0.05) is 11.8 Å². The van der Waals surface area contributed by atoms with Gasteiger partial charge in [-0.25, -0.2) is 0 Å². The molecule has 0 spiro atoms. The Morgan fingerprint density at radius 2 is 1.82 bits per heavy atom. The van der Waals surface area contributed by atoms with Gasteiger partial charge in [0.1, 0.15) is 11.5 Å². The van der Waals surface area contributed by atoms with Gasteiger partial charge in [-0.15, -0.1) is 0 Å². The zero-order valence-corrected chi connectivity index (χ0v) is 10.1. The third-order valence-corrected chi connectivity index (χ3v) is 2.75. The van der Waals surface area contributed by atoms with Crippen LogP contribution in [0.2, 0.25) is 0 Å². The lowest BCUT2D eigenvalue weighted by Gasteiger charge is -2.03. The van der Waals surface area contributed by atoms with Crippen LogP contribution in [-0.4, -0.2) is 33.5 Å². The second-order valence-corrected chi connectivity index (χ2v) is 4.42. The van der Waals surface area contributed by atoms with E-state index in [1.54, 1.807) is 0 Å². The van der Waals surface area contributed by atoms with Crippen molar-refractivity contribution in [2.45, 2.75) is 6.92 Å². The summed E-state index contributed by atoms with van der Waals surface area (Å²) in [5.74, 6) is -0.0193. The van der Waals surface area contributed by atoms with Gasteiger partial charge >= 0.3 is 0 Å². The van der Waals surface area contributed by atoms with Crippen LogP contribution in [0.3, 0.4) is 0 Å². The molecule has 1 aromatic rings. The topological polar surface area (TPSA) is 86.6 Å². The molecule has 17 heavy (non-hydrogen) atoms. The molecular formula is C11H13NO4S. The lowest BCUT2D eigenvalue weighted by Crippen LogP contribution is -2.22. The highest BCUT2D eigenvalue weighted by Gasteiger charge is 2.09. The van der Waals surface area contributed by atoms with Gasteiger partial charge in [0.05, 0.1) is 0 Å². The van der Waals surface area contributed by atoms with Crippen LogP contribution >= 0.6 is 11.8 Å². The summed E-state index contributed by atoms with van der Waals surface area (Å²) in [5.41, 5.74) is 0.232. The maximum absolute atomic E-state index is 11.6. The Labute approximate surface area is 103 Å². The first-order chi connectivity index (χ1) is 7.99. The summed E-state index contributed by atoms with van der Waals surface area (Å²) in [5, 5.41) is 20.7. The summed E-state index contributed by atoms with van der Waals surface area (Å²) in [6, 6.07) is 3.72. The fraction of sp³-hybridized carbons (Fsp3) is 0.273. The van der Waals surface area contributed by atoms with Gasteiger partial charge < -0.3 is 15.5 Å². The number of benzene rings is 1. The predicted molar refractivity (Wildman–Crippen MR) is 65.2 cm³/mol. The van der Waals surface area contributed by atoms with Gasteiger partial charge in [-0.2, -0.15) is 0 Å². The van der Waals surface area contributed by atoms with Crippen LogP contribution in [0.25, 0.3) is 0 Å². The Morgan fingerprint density at radius 1 is 1.24 bits per heavy atom. The fourth-order valence-corrected chi connectivity index (χ4v) is 1.84. The number of phenolic OH excluding ortho intramolecular Hbond substituents is 2. The zero-order valence-electron chi connectivity index (χ0n) is 9.27. The van der Waals surface area contributed by atoms with Crippen molar-refractivity contribution in [2.75, 3.05) is 12.3 Å². The highest BCUT2D eigenvalue weighted by molar-refractivity contribution is 8.14. The van der Waals surface area contributed by atoms with Gasteiger partial charge in [0, 0.05) is 30.9 Å². The monoisotopic (exact) mass is 255 g/mol. The molecule has 1 rings (SSSR count). The molecule has 1 aromatic carbocycles. The summed E-state index contributed by atoms with van der Waals surface area (Å²) in [6.45, 7) is 1.80. The van der Waals surface area contributed by atoms with E-state index in [1.165, 1.54) is 19.1 Å². The summed E-state index contributed by atoms with van der Waals surface area (Å²) >= 11 is 1.01. The third kappa shape index (κ3) is 4.78. The molecule has 0 bridgehead atoms. The minimum atomic E-state index is -0.262. The summed E-state index contributed by atoms with van der Waals surface area (Å²) in [6.07, 6.45) is 0. The first kappa shape index (κ1) is 13.4. The number of carbonyl (C=O) groups excluding carboxylic acids is 2. The number of nitrogens with one attached hydrogen (secondary N) is 1. The molecule has 0 saturated carbocycles. The molecule has 6 heteroatoms. The van der Waals surface area contributed by atoms with Crippen molar-refractivity contribution in [3.8, 4) is 11.5 Å². The molecule has 0 fully saturated rings. The van der Waals surface area contributed by atoms with Crippen LogP contribution in [0.15, 0.2) is 18.2 Å². The van der Waals surface area contributed by atoms with E-state index < -0.39 is 0 Å². The van der Waals surface area contributed by atoms with Crippen LogP contribution in [0.4, 0.5) is 0 Å². The van der Waals surface area contributed by atoms with E-state index in [0.717, 1.165) is 17.8 Å². The van der Waals surface area contributed by atoms with Gasteiger partial charge in [-0.05, 0) is 12.1 Å². The minimum absolute atomic E-state index is 0.145. The highest BCUT2D eigenvalue weighted by atomic mass is 32.2. The zero-order chi connectivity index (χ0) is 12.8. The van der Waals surface area contributed by atoms with Gasteiger partial charge in [-0.3, -0.25) is 9.59 Å². The first-order valence-electron chi connectivity index (χ1n) is 4.93. The number of amides is 1. The van der Waals surface area contributed by atoms with E-state index in [2.05, 4.69) is 5.32 Å². The highest BCUT2D eigenvalue weighted by Crippen LogP contribution is 2.23. The number of rotatable bonds is 4. The van der Waals surface area contributed by atoms with Crippen LogP contribution in [0.5, 0.6) is 11.5 Å². The van der Waals surface area contributed by atoms with Crippen LogP contribution in [0, 0.1) is 0 Å². The van der Waals surface area contributed by atoms with Crippen LogP contribution < -0.4 is 5.32 Å². The van der Waals surface area contributed by atoms with E-state index in [9.17, 15) is 19.8 Å². The van der Waals surface area contributed by atoms with Gasteiger partial charge in [0.25, 0.3) is 0 Å². The first-order valence-corrected chi connectivity index (χ1v) is 5.92. The molecule has 3 N–H and O–H groups in total. The van der Waals surface area contributed by atoms with Crippen molar-refractivity contribution in [2.24, 2.45) is 0 Å². The largest absolute Gasteiger partial charge is 0.508 e. The molecule has 0 saturated heterocycles. The fourth-order valence-electron chi connectivity index (χ4n) is 1.17. The number of aromatic hydroxyl groups is 2. The number of phenols is 2. The normalized spacial score (nSPS) is 9.94. The lowest BCUT2D eigenvalue weighted by molar-refractivity contribution is -0.118. The van der Waals surface area contributed by atoms with Gasteiger partial charge in [0.15, 0.2) is 0 Å². The van der Waals surface area contributed by atoms with Crippen molar-refractivity contribution in [3.05, 3.63) is 23.8 Å². The number of carbonyl (C=O) groups is 2. The maximum atomic E-state index is 11.6. The predicted octanol–water partition coefficient (Wildman–Crippen LogP) is 1.11. The molecule has 0 aliphatic heterocycles. The summed E-state index contributed by atoms with van der Waals surface area (Å²) in [7, 11) is 0.